The van der Waals surface area contributed by atoms with E-state index >= 15 is 0 Å². The number of carbonyl (C=O) groups excluding carboxylic acids is 3. The predicted molar refractivity (Wildman–Crippen MR) is 144 cm³/mol. The summed E-state index contributed by atoms with van der Waals surface area (Å²) in [5.41, 5.74) is -1.33. The average molecular weight is 588 g/mol. The molecule has 1 unspecified atom stereocenters. The van der Waals surface area contributed by atoms with Crippen molar-refractivity contribution < 1.29 is 37.2 Å². The lowest BCUT2D eigenvalue weighted by Gasteiger charge is -2.29. The zero-order chi connectivity index (χ0) is 28.4. The molecule has 0 radical (unpaired) electrons. The average Bonchev–Trinajstić information content (AvgIpc) is 3.29. The van der Waals surface area contributed by atoms with Crippen LogP contribution in [0.5, 0.6) is 0 Å². The van der Waals surface area contributed by atoms with E-state index in [-0.39, 0.29) is 24.9 Å². The second-order valence-corrected chi connectivity index (χ2v) is 12.3. The van der Waals surface area contributed by atoms with E-state index < -0.39 is 45.6 Å². The molecule has 0 aromatic heterocycles. The van der Waals surface area contributed by atoms with Crippen LogP contribution in [0.15, 0.2) is 24.3 Å². The van der Waals surface area contributed by atoms with Crippen molar-refractivity contribution in [3.8, 4) is 0 Å². The number of carbonyl (C=O) groups is 3. The van der Waals surface area contributed by atoms with Gasteiger partial charge in [-0.25, -0.2) is 4.79 Å². The summed E-state index contributed by atoms with van der Waals surface area (Å²) in [7, 11) is -4.93. The first-order valence-corrected chi connectivity index (χ1v) is 15.3. The lowest BCUT2D eigenvalue weighted by molar-refractivity contribution is -0.126. The Balaban J connectivity index is 1.63. The fourth-order valence-electron chi connectivity index (χ4n) is 5.22. The number of aliphatic hydroxyl groups excluding tert-OH is 1. The van der Waals surface area contributed by atoms with Crippen LogP contribution in [-0.4, -0.2) is 66.7 Å². The van der Waals surface area contributed by atoms with Gasteiger partial charge in [0.15, 0.2) is 0 Å². The largest absolute Gasteiger partial charge is 0.450 e. The minimum atomic E-state index is -4.93. The number of halogens is 1. The number of aryl methyl sites for hydroxylation is 1. The van der Waals surface area contributed by atoms with Crippen molar-refractivity contribution in [1.29, 1.82) is 0 Å². The zero-order valence-corrected chi connectivity index (χ0v) is 23.4. The molecule has 1 saturated heterocycles. The number of rotatable bonds is 13. The van der Waals surface area contributed by atoms with Gasteiger partial charge in [-0.2, -0.15) is 8.42 Å². The summed E-state index contributed by atoms with van der Waals surface area (Å²) in [6, 6.07) is 4.86. The maximum atomic E-state index is 13.3. The number of hydrogen-bond donors (Lipinski definition) is 5. The first kappa shape index (κ1) is 31.1. The van der Waals surface area contributed by atoms with Crippen molar-refractivity contribution in [1.82, 2.24) is 16.0 Å². The highest BCUT2D eigenvalue weighted by Gasteiger charge is 2.38. The van der Waals surface area contributed by atoms with Gasteiger partial charge in [0.25, 0.3) is 10.1 Å². The Morgan fingerprint density at radius 2 is 1.87 bits per heavy atom. The van der Waals surface area contributed by atoms with Gasteiger partial charge in [-0.05, 0) is 55.7 Å². The number of aliphatic hydroxyl groups is 1. The summed E-state index contributed by atoms with van der Waals surface area (Å²) in [6.07, 6.45) is 5.80. The summed E-state index contributed by atoms with van der Waals surface area (Å²) in [6.45, 7) is 0.498. The van der Waals surface area contributed by atoms with Crippen LogP contribution in [-0.2, 0) is 30.9 Å². The Morgan fingerprint density at radius 1 is 1.13 bits per heavy atom. The molecule has 1 saturated carbocycles. The molecule has 2 fully saturated rings. The van der Waals surface area contributed by atoms with Gasteiger partial charge >= 0.3 is 6.09 Å². The third-order valence-corrected chi connectivity index (χ3v) is 8.49. The standard InChI is InChI=1S/C26H38ClN3O8S/c27-20-10-4-8-17(14-20)9-5-13-38-26(34)30-21(15-18-6-2-1-3-7-18)24(32)29-22(25(33)39(35,36)37)16-19-11-12-28-23(19)31/h4,8,10,14,18-19,21-22,25,33H,1-3,5-7,9,11-13,15-16H2,(H,28,31)(H,29,32)(H,30,34)(H,35,36,37)/t19-,21-,22-,25?/m0/s1. The molecule has 1 aromatic rings. The van der Waals surface area contributed by atoms with Gasteiger partial charge < -0.3 is 25.8 Å². The van der Waals surface area contributed by atoms with Crippen LogP contribution in [0.2, 0.25) is 5.02 Å². The normalized spacial score (nSPS) is 20.5. The summed E-state index contributed by atoms with van der Waals surface area (Å²) in [5, 5.41) is 18.6. The molecule has 218 valence electrons. The molecule has 2 aliphatic rings. The molecule has 1 aromatic carbocycles. The molecule has 3 rings (SSSR count). The fraction of sp³-hybridized carbons (Fsp3) is 0.654. The van der Waals surface area contributed by atoms with Crippen LogP contribution >= 0.6 is 11.6 Å². The van der Waals surface area contributed by atoms with Gasteiger partial charge in [0, 0.05) is 17.5 Å². The maximum Gasteiger partial charge on any atom is 0.407 e. The first-order valence-electron chi connectivity index (χ1n) is 13.4. The van der Waals surface area contributed by atoms with Crippen LogP contribution < -0.4 is 16.0 Å². The number of amides is 3. The smallest absolute Gasteiger partial charge is 0.407 e. The molecule has 3 amide bonds. The number of ether oxygens (including phenoxy) is 1. The van der Waals surface area contributed by atoms with Crippen LogP contribution in [0, 0.1) is 11.8 Å². The van der Waals surface area contributed by atoms with E-state index in [9.17, 15) is 32.5 Å². The van der Waals surface area contributed by atoms with Crippen molar-refractivity contribution in [3.63, 3.8) is 0 Å². The second kappa shape index (κ2) is 14.8. The molecule has 4 atom stereocenters. The van der Waals surface area contributed by atoms with Crippen LogP contribution in [0.1, 0.15) is 63.4 Å². The summed E-state index contributed by atoms with van der Waals surface area (Å²) in [4.78, 5) is 38.0. The van der Waals surface area contributed by atoms with Gasteiger partial charge in [-0.3, -0.25) is 14.1 Å². The quantitative estimate of drug-likeness (QED) is 0.173. The van der Waals surface area contributed by atoms with E-state index in [0.717, 1.165) is 37.7 Å². The van der Waals surface area contributed by atoms with Crippen molar-refractivity contribution in [2.24, 2.45) is 11.8 Å². The third-order valence-electron chi connectivity index (χ3n) is 7.31. The van der Waals surface area contributed by atoms with Crippen molar-refractivity contribution in [2.45, 2.75) is 81.7 Å². The maximum absolute atomic E-state index is 13.3. The Kier molecular flexibility index (Phi) is 11.8. The molecule has 13 heteroatoms. The zero-order valence-electron chi connectivity index (χ0n) is 21.8. The first-order chi connectivity index (χ1) is 18.5. The van der Waals surface area contributed by atoms with E-state index in [2.05, 4.69) is 16.0 Å². The van der Waals surface area contributed by atoms with Gasteiger partial charge in [-0.1, -0.05) is 55.8 Å². The summed E-state index contributed by atoms with van der Waals surface area (Å²) >= 11 is 5.99. The molecule has 0 bridgehead atoms. The number of alkyl carbamates (subject to hydrolysis) is 1. The highest BCUT2D eigenvalue weighted by atomic mass is 35.5. The lowest BCUT2D eigenvalue weighted by Crippen LogP contribution is -2.55. The monoisotopic (exact) mass is 587 g/mol. The van der Waals surface area contributed by atoms with E-state index in [4.69, 9.17) is 16.3 Å². The van der Waals surface area contributed by atoms with E-state index in [0.29, 0.717) is 37.3 Å². The highest BCUT2D eigenvalue weighted by molar-refractivity contribution is 7.86. The molecule has 11 nitrogen and oxygen atoms in total. The molecule has 1 heterocycles. The van der Waals surface area contributed by atoms with Gasteiger partial charge in [-0.15, -0.1) is 0 Å². The van der Waals surface area contributed by atoms with Crippen molar-refractivity contribution >= 4 is 39.6 Å². The van der Waals surface area contributed by atoms with Crippen molar-refractivity contribution in [3.05, 3.63) is 34.9 Å². The SMILES string of the molecule is O=C(N[C@@H](CC1CCCCC1)C(=O)N[C@@H](C[C@@H]1CCNC1=O)C(O)S(=O)(=O)O)OCCCc1cccc(Cl)c1. The number of benzene rings is 1. The molecule has 39 heavy (non-hydrogen) atoms. The Hall–Kier alpha value is -2.41. The highest BCUT2D eigenvalue weighted by Crippen LogP contribution is 2.28. The third kappa shape index (κ3) is 10.3. The molecular formula is C26H38ClN3O8S. The van der Waals surface area contributed by atoms with Crippen molar-refractivity contribution in [2.75, 3.05) is 13.2 Å². The van der Waals surface area contributed by atoms with E-state index in [1.807, 2.05) is 18.2 Å². The Labute approximate surface area is 234 Å². The van der Waals surface area contributed by atoms with Gasteiger partial charge in [0.05, 0.1) is 12.6 Å². The molecule has 5 N–H and O–H groups in total. The van der Waals surface area contributed by atoms with Gasteiger partial charge in [0.2, 0.25) is 17.3 Å². The predicted octanol–water partition coefficient (Wildman–Crippen LogP) is 2.56. The minimum absolute atomic E-state index is 0.108. The minimum Gasteiger partial charge on any atom is -0.450 e. The van der Waals surface area contributed by atoms with Crippen LogP contribution in [0.4, 0.5) is 4.79 Å². The van der Waals surface area contributed by atoms with E-state index in [1.54, 1.807) is 6.07 Å². The summed E-state index contributed by atoms with van der Waals surface area (Å²) < 4.78 is 38.1. The topological polar surface area (TPSA) is 171 Å². The van der Waals surface area contributed by atoms with Crippen LogP contribution in [0.3, 0.4) is 0 Å². The number of nitrogens with one attached hydrogen (secondary N) is 3. The Morgan fingerprint density at radius 3 is 2.51 bits per heavy atom. The molecular weight excluding hydrogens is 550 g/mol. The Bertz CT molecular complexity index is 1100. The van der Waals surface area contributed by atoms with Gasteiger partial charge in [0.1, 0.15) is 6.04 Å². The molecule has 1 aliphatic carbocycles. The van der Waals surface area contributed by atoms with Crippen LogP contribution in [0.25, 0.3) is 0 Å². The van der Waals surface area contributed by atoms with E-state index in [1.165, 1.54) is 0 Å². The summed E-state index contributed by atoms with van der Waals surface area (Å²) in [5.74, 6) is -1.51. The second-order valence-electron chi connectivity index (χ2n) is 10.3. The fourth-order valence-corrected chi connectivity index (χ4v) is 6.03. The number of hydrogen-bond acceptors (Lipinski definition) is 7. The molecule has 1 aliphatic heterocycles. The molecule has 0 spiro atoms. The lowest BCUT2D eigenvalue weighted by atomic mass is 9.84.